The Bertz CT molecular complexity index is 1160. The molecule has 3 heterocycles. The maximum atomic E-state index is 12.9. The van der Waals surface area contributed by atoms with Crippen molar-refractivity contribution in [2.24, 2.45) is 0 Å². The number of amides is 4. The number of aromatic nitrogens is 2. The lowest BCUT2D eigenvalue weighted by molar-refractivity contribution is -0.136. The van der Waals surface area contributed by atoms with Gasteiger partial charge < -0.3 is 15.6 Å². The highest BCUT2D eigenvalue weighted by Crippen LogP contribution is 2.36. The van der Waals surface area contributed by atoms with Crippen molar-refractivity contribution in [2.75, 3.05) is 5.32 Å². The summed E-state index contributed by atoms with van der Waals surface area (Å²) in [6.45, 7) is 1.56. The first-order valence-electron chi connectivity index (χ1n) is 9.97. The quantitative estimate of drug-likeness (QED) is 0.559. The van der Waals surface area contributed by atoms with E-state index in [0.717, 1.165) is 39.9 Å². The zero-order valence-corrected chi connectivity index (χ0v) is 17.2. The van der Waals surface area contributed by atoms with E-state index < -0.39 is 23.5 Å². The third kappa shape index (κ3) is 2.88. The maximum Gasteiger partial charge on any atom is 0.325 e. The fourth-order valence-electron chi connectivity index (χ4n) is 4.38. The van der Waals surface area contributed by atoms with Gasteiger partial charge in [-0.3, -0.25) is 9.59 Å². The third-order valence-corrected chi connectivity index (χ3v) is 6.77. The van der Waals surface area contributed by atoms with Gasteiger partial charge in [0.15, 0.2) is 5.13 Å². The molecule has 154 valence electrons. The van der Waals surface area contributed by atoms with Crippen LogP contribution in [0.15, 0.2) is 35.8 Å². The number of hydrogen-bond donors (Lipinski definition) is 3. The molecule has 0 radical (unpaired) electrons. The van der Waals surface area contributed by atoms with E-state index in [9.17, 15) is 14.4 Å². The van der Waals surface area contributed by atoms with Gasteiger partial charge in [-0.1, -0.05) is 31.0 Å². The second kappa shape index (κ2) is 6.94. The van der Waals surface area contributed by atoms with Gasteiger partial charge in [-0.05, 0) is 25.8 Å². The molecule has 8 nitrogen and oxygen atoms in total. The number of hydrogen-bond acceptors (Lipinski definition) is 5. The second-order valence-corrected chi connectivity index (χ2v) is 8.70. The number of rotatable bonds is 4. The number of fused-ring (bicyclic) bond motifs is 1. The topological polar surface area (TPSA) is 107 Å². The first kappa shape index (κ1) is 18.8. The molecule has 1 atom stereocenters. The average molecular weight is 423 g/mol. The minimum atomic E-state index is -0.919. The number of nitrogens with zero attached hydrogens (tertiary/aromatic N) is 2. The first-order valence-corrected chi connectivity index (χ1v) is 10.9. The molecule has 3 aromatic rings. The van der Waals surface area contributed by atoms with Gasteiger partial charge in [-0.25, -0.2) is 14.7 Å². The monoisotopic (exact) mass is 423 g/mol. The van der Waals surface area contributed by atoms with Crippen LogP contribution in [0.1, 0.15) is 32.6 Å². The highest BCUT2D eigenvalue weighted by atomic mass is 32.1. The molecule has 5 rings (SSSR count). The Labute approximate surface area is 176 Å². The molecule has 1 aromatic carbocycles. The molecule has 1 spiro atoms. The number of H-pyrrole nitrogens is 1. The molecule has 9 heteroatoms. The summed E-state index contributed by atoms with van der Waals surface area (Å²) in [6.07, 6.45) is 4.94. The maximum absolute atomic E-state index is 12.9. The summed E-state index contributed by atoms with van der Waals surface area (Å²) in [5.74, 6) is -0.736. The molecule has 4 amide bonds. The summed E-state index contributed by atoms with van der Waals surface area (Å²) < 4.78 is 0. The van der Waals surface area contributed by atoms with E-state index in [1.165, 1.54) is 11.3 Å². The summed E-state index contributed by atoms with van der Waals surface area (Å²) in [7, 11) is 0. The van der Waals surface area contributed by atoms with Gasteiger partial charge in [-0.2, -0.15) is 0 Å². The van der Waals surface area contributed by atoms with E-state index in [1.807, 2.05) is 35.8 Å². The number of anilines is 1. The summed E-state index contributed by atoms with van der Waals surface area (Å²) in [4.78, 5) is 46.9. The largest absolute Gasteiger partial charge is 0.360 e. The zero-order chi connectivity index (χ0) is 20.9. The van der Waals surface area contributed by atoms with Gasteiger partial charge >= 0.3 is 6.03 Å². The first-order chi connectivity index (χ1) is 14.5. The lowest BCUT2D eigenvalue weighted by Gasteiger charge is -2.23. The standard InChI is InChI=1S/C21H21N5O3S/c1-12(26-18(28)21(25-20(26)29)8-4-5-9-21)17(27)24-19-23-16(11-30-19)14-10-22-15-7-3-2-6-13(14)15/h2-3,6-7,10-12,22H,4-5,8-9H2,1H3,(H,25,29)(H,23,24,27). The second-order valence-electron chi connectivity index (χ2n) is 7.85. The molecule has 1 saturated carbocycles. The Morgan fingerprint density at radius 2 is 2.03 bits per heavy atom. The van der Waals surface area contributed by atoms with Gasteiger partial charge in [0.25, 0.3) is 5.91 Å². The third-order valence-electron chi connectivity index (χ3n) is 6.02. The predicted octanol–water partition coefficient (Wildman–Crippen LogP) is 3.48. The van der Waals surface area contributed by atoms with Crippen molar-refractivity contribution in [1.29, 1.82) is 0 Å². The summed E-state index contributed by atoms with van der Waals surface area (Å²) in [5, 5.41) is 8.91. The number of thiazole rings is 1. The summed E-state index contributed by atoms with van der Waals surface area (Å²) in [6, 6.07) is 6.51. The molecular formula is C21H21N5O3S. The summed E-state index contributed by atoms with van der Waals surface area (Å²) >= 11 is 1.30. The number of benzene rings is 1. The van der Waals surface area contributed by atoms with Crippen LogP contribution in [-0.4, -0.2) is 44.3 Å². The van der Waals surface area contributed by atoms with Crippen molar-refractivity contribution in [2.45, 2.75) is 44.2 Å². The smallest absolute Gasteiger partial charge is 0.325 e. The van der Waals surface area contributed by atoms with Gasteiger partial charge in [0.1, 0.15) is 11.6 Å². The fourth-order valence-corrected chi connectivity index (χ4v) is 5.09. The molecule has 1 aliphatic heterocycles. The number of aromatic amines is 1. The molecule has 3 N–H and O–H groups in total. The lowest BCUT2D eigenvalue weighted by Crippen LogP contribution is -2.48. The van der Waals surface area contributed by atoms with E-state index >= 15 is 0 Å². The van der Waals surface area contributed by atoms with Gasteiger partial charge in [-0.15, -0.1) is 11.3 Å². The Morgan fingerprint density at radius 3 is 2.83 bits per heavy atom. The SMILES string of the molecule is CC(C(=O)Nc1nc(-c2c[nH]c3ccccc23)cs1)N1C(=O)NC2(CCCC2)C1=O. The molecule has 2 aliphatic rings. The van der Waals surface area contributed by atoms with Crippen molar-refractivity contribution in [1.82, 2.24) is 20.2 Å². The Kier molecular flexibility index (Phi) is 4.35. The van der Waals surface area contributed by atoms with E-state index in [-0.39, 0.29) is 5.91 Å². The van der Waals surface area contributed by atoms with E-state index in [1.54, 1.807) is 6.92 Å². The van der Waals surface area contributed by atoms with Crippen LogP contribution in [0.25, 0.3) is 22.2 Å². The van der Waals surface area contributed by atoms with Crippen LogP contribution in [0.5, 0.6) is 0 Å². The highest BCUT2D eigenvalue weighted by molar-refractivity contribution is 7.14. The Balaban J connectivity index is 1.32. The number of imide groups is 1. The lowest BCUT2D eigenvalue weighted by atomic mass is 9.97. The van der Waals surface area contributed by atoms with Crippen molar-refractivity contribution in [3.05, 3.63) is 35.8 Å². The normalized spacial score (nSPS) is 18.9. The van der Waals surface area contributed by atoms with E-state index in [4.69, 9.17) is 0 Å². The minimum Gasteiger partial charge on any atom is -0.360 e. The van der Waals surface area contributed by atoms with Gasteiger partial charge in [0.05, 0.1) is 5.69 Å². The van der Waals surface area contributed by atoms with E-state index in [0.29, 0.717) is 18.0 Å². The number of nitrogens with one attached hydrogen (secondary N) is 3. The Hall–Kier alpha value is -3.20. The molecule has 0 bridgehead atoms. The molecular weight excluding hydrogens is 402 g/mol. The van der Waals surface area contributed by atoms with Crippen LogP contribution < -0.4 is 10.6 Å². The van der Waals surface area contributed by atoms with Crippen molar-refractivity contribution in [3.8, 4) is 11.3 Å². The number of carbonyl (C=O) groups is 3. The molecule has 1 aliphatic carbocycles. The van der Waals surface area contributed by atoms with Crippen LogP contribution in [-0.2, 0) is 9.59 Å². The van der Waals surface area contributed by atoms with Crippen LogP contribution in [0.2, 0.25) is 0 Å². The van der Waals surface area contributed by atoms with Crippen LogP contribution in [0, 0.1) is 0 Å². The van der Waals surface area contributed by atoms with Crippen molar-refractivity contribution in [3.63, 3.8) is 0 Å². The van der Waals surface area contributed by atoms with Crippen molar-refractivity contribution < 1.29 is 14.4 Å². The van der Waals surface area contributed by atoms with E-state index in [2.05, 4.69) is 20.6 Å². The van der Waals surface area contributed by atoms with Crippen LogP contribution >= 0.6 is 11.3 Å². The van der Waals surface area contributed by atoms with Crippen molar-refractivity contribution >= 4 is 45.2 Å². The molecule has 2 fully saturated rings. The van der Waals surface area contributed by atoms with Crippen LogP contribution in [0.4, 0.5) is 9.93 Å². The molecule has 2 aromatic heterocycles. The predicted molar refractivity (Wildman–Crippen MR) is 114 cm³/mol. The number of para-hydroxylation sites is 1. The van der Waals surface area contributed by atoms with Gasteiger partial charge in [0.2, 0.25) is 5.91 Å². The summed E-state index contributed by atoms with van der Waals surface area (Å²) in [5.41, 5.74) is 1.89. The number of urea groups is 1. The minimum absolute atomic E-state index is 0.300. The van der Waals surface area contributed by atoms with Gasteiger partial charge in [0, 0.05) is 28.0 Å². The average Bonchev–Trinajstić information content (AvgIpc) is 3.50. The van der Waals surface area contributed by atoms with Crippen LogP contribution in [0.3, 0.4) is 0 Å². The highest BCUT2D eigenvalue weighted by Gasteiger charge is 2.54. The Morgan fingerprint density at radius 1 is 1.27 bits per heavy atom. The molecule has 1 saturated heterocycles. The molecule has 30 heavy (non-hydrogen) atoms. The fraction of sp³-hybridized carbons (Fsp3) is 0.333. The number of carbonyl (C=O) groups excluding carboxylic acids is 3. The zero-order valence-electron chi connectivity index (χ0n) is 16.4. The molecule has 1 unspecified atom stereocenters.